The Kier molecular flexibility index (Phi) is 6.41. The standard InChI is InChI=1S/C17H21F3N2O3/c18-12-9-14(20)13(19)7-11(12)8-15(21)10-3-5-22(6-4-10)16(23)1-2-17(24)25/h7,9-10,15H,1-6,8,21H2,(H,24,25)/t15-/m1/s1. The number of hydrogen-bond acceptors (Lipinski definition) is 3. The van der Waals surface area contributed by atoms with Crippen molar-refractivity contribution >= 4 is 11.9 Å². The number of nitrogens with zero attached hydrogens (tertiary/aromatic N) is 1. The van der Waals surface area contributed by atoms with Gasteiger partial charge >= 0.3 is 5.97 Å². The number of hydrogen-bond donors (Lipinski definition) is 2. The zero-order valence-electron chi connectivity index (χ0n) is 13.7. The normalized spacial score (nSPS) is 16.7. The molecule has 1 saturated heterocycles. The zero-order valence-corrected chi connectivity index (χ0v) is 13.7. The quantitative estimate of drug-likeness (QED) is 0.763. The Labute approximate surface area is 143 Å². The molecule has 0 aromatic heterocycles. The van der Waals surface area contributed by atoms with Gasteiger partial charge < -0.3 is 15.7 Å². The molecular weight excluding hydrogens is 337 g/mol. The molecule has 1 aliphatic rings. The number of carbonyl (C=O) groups is 2. The summed E-state index contributed by atoms with van der Waals surface area (Å²) >= 11 is 0. The molecule has 0 saturated carbocycles. The molecule has 0 bridgehead atoms. The smallest absolute Gasteiger partial charge is 0.303 e. The lowest BCUT2D eigenvalue weighted by atomic mass is 9.86. The summed E-state index contributed by atoms with van der Waals surface area (Å²) in [7, 11) is 0. The highest BCUT2D eigenvalue weighted by Gasteiger charge is 2.27. The molecule has 1 aromatic rings. The number of aliphatic carboxylic acids is 1. The summed E-state index contributed by atoms with van der Waals surface area (Å²) in [6, 6.07) is 0.909. The molecule has 1 atom stereocenters. The van der Waals surface area contributed by atoms with Crippen LogP contribution in [0.15, 0.2) is 12.1 Å². The van der Waals surface area contributed by atoms with E-state index >= 15 is 0 Å². The van der Waals surface area contributed by atoms with Gasteiger partial charge in [0.1, 0.15) is 5.82 Å². The monoisotopic (exact) mass is 358 g/mol. The number of nitrogens with two attached hydrogens (primary N) is 1. The maximum atomic E-state index is 13.7. The molecule has 8 heteroatoms. The van der Waals surface area contributed by atoms with E-state index in [4.69, 9.17) is 10.8 Å². The molecule has 2 rings (SSSR count). The Morgan fingerprint density at radius 2 is 1.72 bits per heavy atom. The summed E-state index contributed by atoms with van der Waals surface area (Å²) in [4.78, 5) is 24.0. The topological polar surface area (TPSA) is 83.6 Å². The van der Waals surface area contributed by atoms with Crippen LogP contribution in [-0.4, -0.2) is 41.0 Å². The van der Waals surface area contributed by atoms with Crippen molar-refractivity contribution in [3.05, 3.63) is 35.1 Å². The first-order chi connectivity index (χ1) is 11.8. The maximum Gasteiger partial charge on any atom is 0.303 e. The van der Waals surface area contributed by atoms with Crippen LogP contribution in [0.3, 0.4) is 0 Å². The number of likely N-dealkylation sites (tertiary alicyclic amines) is 1. The molecule has 1 fully saturated rings. The van der Waals surface area contributed by atoms with Gasteiger partial charge in [-0.05, 0) is 36.8 Å². The molecule has 0 spiro atoms. The van der Waals surface area contributed by atoms with Gasteiger partial charge in [0.05, 0.1) is 6.42 Å². The number of rotatable bonds is 6. The lowest BCUT2D eigenvalue weighted by Crippen LogP contribution is -2.44. The summed E-state index contributed by atoms with van der Waals surface area (Å²) in [6.45, 7) is 0.911. The molecule has 25 heavy (non-hydrogen) atoms. The molecule has 1 aromatic carbocycles. The summed E-state index contributed by atoms with van der Waals surface area (Å²) in [5, 5.41) is 8.61. The van der Waals surface area contributed by atoms with Gasteiger partial charge in [0.2, 0.25) is 5.91 Å². The van der Waals surface area contributed by atoms with E-state index in [9.17, 15) is 22.8 Å². The van der Waals surface area contributed by atoms with Crippen LogP contribution in [0.1, 0.15) is 31.2 Å². The van der Waals surface area contributed by atoms with Crippen molar-refractivity contribution in [2.24, 2.45) is 11.7 Å². The number of benzene rings is 1. The summed E-state index contributed by atoms with van der Waals surface area (Å²) in [5.74, 6) is -4.36. The SMILES string of the molecule is N[C@H](Cc1cc(F)c(F)cc1F)C1CCN(C(=O)CCC(=O)O)CC1. The molecule has 0 aliphatic carbocycles. The van der Waals surface area contributed by atoms with E-state index in [1.165, 1.54) is 0 Å². The van der Waals surface area contributed by atoms with Gasteiger partial charge in [0, 0.05) is 31.6 Å². The van der Waals surface area contributed by atoms with Crippen LogP contribution < -0.4 is 5.73 Å². The Morgan fingerprint density at radius 3 is 2.32 bits per heavy atom. The third kappa shape index (κ3) is 5.19. The highest BCUT2D eigenvalue weighted by atomic mass is 19.2. The zero-order chi connectivity index (χ0) is 18.6. The average molecular weight is 358 g/mol. The predicted molar refractivity (Wildman–Crippen MR) is 84.2 cm³/mol. The number of piperidine rings is 1. The van der Waals surface area contributed by atoms with Gasteiger partial charge in [0.25, 0.3) is 0 Å². The van der Waals surface area contributed by atoms with Crippen molar-refractivity contribution in [1.82, 2.24) is 4.90 Å². The third-order valence-electron chi connectivity index (χ3n) is 4.60. The van der Waals surface area contributed by atoms with Crippen LogP contribution in [0.25, 0.3) is 0 Å². The predicted octanol–water partition coefficient (Wildman–Crippen LogP) is 2.08. The van der Waals surface area contributed by atoms with Gasteiger partial charge in [-0.1, -0.05) is 0 Å². The van der Waals surface area contributed by atoms with Gasteiger partial charge in [-0.2, -0.15) is 0 Å². The molecule has 1 heterocycles. The Bertz CT molecular complexity index is 646. The number of halogens is 3. The molecule has 5 nitrogen and oxygen atoms in total. The Hall–Kier alpha value is -2.09. The largest absolute Gasteiger partial charge is 0.481 e. The second-order valence-corrected chi connectivity index (χ2v) is 6.34. The van der Waals surface area contributed by atoms with Crippen molar-refractivity contribution in [3.8, 4) is 0 Å². The van der Waals surface area contributed by atoms with Crippen LogP contribution in [0.5, 0.6) is 0 Å². The number of carbonyl (C=O) groups excluding carboxylic acids is 1. The van der Waals surface area contributed by atoms with Crippen molar-refractivity contribution in [2.75, 3.05) is 13.1 Å². The molecule has 1 amide bonds. The minimum absolute atomic E-state index is 0.0241. The van der Waals surface area contributed by atoms with E-state index < -0.39 is 29.5 Å². The maximum absolute atomic E-state index is 13.7. The minimum Gasteiger partial charge on any atom is -0.481 e. The Balaban J connectivity index is 1.87. The molecule has 1 aliphatic heterocycles. The van der Waals surface area contributed by atoms with Gasteiger partial charge in [0.15, 0.2) is 11.6 Å². The highest BCUT2D eigenvalue weighted by Crippen LogP contribution is 2.24. The lowest BCUT2D eigenvalue weighted by molar-refractivity contribution is -0.141. The van der Waals surface area contributed by atoms with Crippen molar-refractivity contribution < 1.29 is 27.9 Å². The minimum atomic E-state index is -1.23. The fraction of sp³-hybridized carbons (Fsp3) is 0.529. The molecule has 0 unspecified atom stereocenters. The van der Waals surface area contributed by atoms with Gasteiger partial charge in [-0.15, -0.1) is 0 Å². The van der Waals surface area contributed by atoms with Crippen molar-refractivity contribution in [2.45, 2.75) is 38.1 Å². The molecule has 3 N–H and O–H groups in total. The molecule has 138 valence electrons. The van der Waals surface area contributed by atoms with Gasteiger partial charge in [-0.25, -0.2) is 13.2 Å². The number of carboxylic acid groups (broad SMARTS) is 1. The first-order valence-electron chi connectivity index (χ1n) is 8.16. The van der Waals surface area contributed by atoms with Crippen LogP contribution in [0.2, 0.25) is 0 Å². The van der Waals surface area contributed by atoms with Crippen LogP contribution >= 0.6 is 0 Å². The van der Waals surface area contributed by atoms with Crippen molar-refractivity contribution in [1.29, 1.82) is 0 Å². The highest BCUT2D eigenvalue weighted by molar-refractivity contribution is 5.80. The van der Waals surface area contributed by atoms with Crippen LogP contribution in [0, 0.1) is 23.4 Å². The summed E-state index contributed by atoms with van der Waals surface area (Å²) in [6.07, 6.45) is 1.05. The molecule has 0 radical (unpaired) electrons. The second kappa shape index (κ2) is 8.33. The van der Waals surface area contributed by atoms with E-state index in [1.54, 1.807) is 4.90 Å². The van der Waals surface area contributed by atoms with E-state index in [2.05, 4.69) is 0 Å². The third-order valence-corrected chi connectivity index (χ3v) is 4.60. The van der Waals surface area contributed by atoms with Crippen LogP contribution in [-0.2, 0) is 16.0 Å². The van der Waals surface area contributed by atoms with E-state index in [-0.39, 0.29) is 36.7 Å². The lowest BCUT2D eigenvalue weighted by Gasteiger charge is -2.35. The number of carboxylic acids is 1. The van der Waals surface area contributed by atoms with E-state index in [1.807, 2.05) is 0 Å². The van der Waals surface area contributed by atoms with Gasteiger partial charge in [-0.3, -0.25) is 9.59 Å². The van der Waals surface area contributed by atoms with Crippen molar-refractivity contribution in [3.63, 3.8) is 0 Å². The Morgan fingerprint density at radius 1 is 1.12 bits per heavy atom. The fourth-order valence-corrected chi connectivity index (χ4v) is 3.09. The number of amides is 1. The average Bonchev–Trinajstić information content (AvgIpc) is 2.57. The summed E-state index contributed by atoms with van der Waals surface area (Å²) in [5.41, 5.74) is 6.13. The fourth-order valence-electron chi connectivity index (χ4n) is 3.09. The first-order valence-corrected chi connectivity index (χ1v) is 8.16. The second-order valence-electron chi connectivity index (χ2n) is 6.34. The molecular formula is C17H21F3N2O3. The van der Waals surface area contributed by atoms with E-state index in [0.717, 1.165) is 6.07 Å². The summed E-state index contributed by atoms with van der Waals surface area (Å²) < 4.78 is 39.9. The van der Waals surface area contributed by atoms with E-state index in [0.29, 0.717) is 32.0 Å². The first kappa shape index (κ1) is 19.2. The van der Waals surface area contributed by atoms with Crippen LogP contribution in [0.4, 0.5) is 13.2 Å².